The Kier molecular flexibility index (Phi) is 6.24. The lowest BCUT2D eigenvalue weighted by Crippen LogP contribution is -2.29. The predicted molar refractivity (Wildman–Crippen MR) is 51.7 cm³/mol. The van der Waals surface area contributed by atoms with Crippen molar-refractivity contribution in [2.75, 3.05) is 7.05 Å². The van der Waals surface area contributed by atoms with E-state index in [9.17, 15) is 0 Å². The first-order valence-corrected chi connectivity index (χ1v) is 4.54. The van der Waals surface area contributed by atoms with Crippen molar-refractivity contribution in [2.24, 2.45) is 5.92 Å². The zero-order chi connectivity index (χ0) is 8.69. The molecule has 0 amide bonds. The Morgan fingerprint density at radius 1 is 1.27 bits per heavy atom. The van der Waals surface area contributed by atoms with Crippen LogP contribution in [0, 0.1) is 5.92 Å². The topological polar surface area (TPSA) is 12.0 Å². The van der Waals surface area contributed by atoms with Gasteiger partial charge in [-0.3, -0.25) is 0 Å². The maximum absolute atomic E-state index is 3.31. The highest BCUT2D eigenvalue weighted by molar-refractivity contribution is 4.86. The molecule has 1 heteroatoms. The van der Waals surface area contributed by atoms with Gasteiger partial charge in [0.1, 0.15) is 0 Å². The van der Waals surface area contributed by atoms with Crippen molar-refractivity contribution in [3.63, 3.8) is 0 Å². The molecule has 0 spiro atoms. The van der Waals surface area contributed by atoms with Gasteiger partial charge in [0.05, 0.1) is 0 Å². The van der Waals surface area contributed by atoms with E-state index in [0.717, 1.165) is 18.8 Å². The lowest BCUT2D eigenvalue weighted by atomic mass is 10.0. The van der Waals surface area contributed by atoms with Crippen molar-refractivity contribution < 1.29 is 0 Å². The summed E-state index contributed by atoms with van der Waals surface area (Å²) in [5.74, 6) is 0.724. The van der Waals surface area contributed by atoms with E-state index >= 15 is 0 Å². The van der Waals surface area contributed by atoms with Crippen molar-refractivity contribution >= 4 is 0 Å². The Morgan fingerprint density at radius 2 is 1.91 bits per heavy atom. The standard InChI is InChI=1S/C10H21N/c1-5-6-7-8-10(11-4)9(2)3/h6-7,9-11H,5,8H2,1-4H3. The molecule has 66 valence electrons. The zero-order valence-electron chi connectivity index (χ0n) is 8.22. The normalized spacial score (nSPS) is 14.6. The molecule has 0 bridgehead atoms. The molecular formula is C10H21N. The third-order valence-corrected chi connectivity index (χ3v) is 1.97. The molecule has 0 radical (unpaired) electrons. The molecule has 0 aliphatic carbocycles. The summed E-state index contributed by atoms with van der Waals surface area (Å²) < 4.78 is 0. The number of hydrogen-bond donors (Lipinski definition) is 1. The summed E-state index contributed by atoms with van der Waals surface area (Å²) >= 11 is 0. The van der Waals surface area contributed by atoms with Gasteiger partial charge in [-0.25, -0.2) is 0 Å². The molecule has 0 aromatic carbocycles. The van der Waals surface area contributed by atoms with Gasteiger partial charge in [-0.1, -0.05) is 32.9 Å². The van der Waals surface area contributed by atoms with Gasteiger partial charge in [0, 0.05) is 6.04 Å². The average molecular weight is 155 g/mol. The molecular weight excluding hydrogens is 134 g/mol. The summed E-state index contributed by atoms with van der Waals surface area (Å²) in [6.07, 6.45) is 6.80. The molecule has 0 rings (SSSR count). The second-order valence-corrected chi connectivity index (χ2v) is 3.25. The van der Waals surface area contributed by atoms with E-state index in [1.807, 2.05) is 7.05 Å². The van der Waals surface area contributed by atoms with Crippen LogP contribution in [0.3, 0.4) is 0 Å². The Morgan fingerprint density at radius 3 is 2.27 bits per heavy atom. The van der Waals surface area contributed by atoms with Crippen molar-refractivity contribution in [1.82, 2.24) is 5.32 Å². The second kappa shape index (κ2) is 6.41. The largest absolute Gasteiger partial charge is 0.316 e. The van der Waals surface area contributed by atoms with Crippen LogP contribution in [-0.2, 0) is 0 Å². The summed E-state index contributed by atoms with van der Waals surface area (Å²) in [5.41, 5.74) is 0. The number of nitrogens with one attached hydrogen (secondary N) is 1. The minimum Gasteiger partial charge on any atom is -0.316 e. The highest BCUT2D eigenvalue weighted by Crippen LogP contribution is 2.05. The van der Waals surface area contributed by atoms with Gasteiger partial charge in [-0.2, -0.15) is 0 Å². The Hall–Kier alpha value is -0.300. The lowest BCUT2D eigenvalue weighted by Gasteiger charge is -2.17. The molecule has 11 heavy (non-hydrogen) atoms. The first kappa shape index (κ1) is 10.7. The molecule has 0 aliphatic heterocycles. The second-order valence-electron chi connectivity index (χ2n) is 3.25. The molecule has 0 aliphatic rings. The van der Waals surface area contributed by atoms with Crippen molar-refractivity contribution in [3.05, 3.63) is 12.2 Å². The van der Waals surface area contributed by atoms with E-state index in [1.165, 1.54) is 0 Å². The Balaban J connectivity index is 3.60. The van der Waals surface area contributed by atoms with E-state index in [1.54, 1.807) is 0 Å². The third-order valence-electron chi connectivity index (χ3n) is 1.97. The van der Waals surface area contributed by atoms with E-state index in [0.29, 0.717) is 6.04 Å². The molecule has 0 fully saturated rings. The van der Waals surface area contributed by atoms with Gasteiger partial charge in [-0.15, -0.1) is 0 Å². The van der Waals surface area contributed by atoms with Crippen LogP contribution >= 0.6 is 0 Å². The maximum atomic E-state index is 3.31. The van der Waals surface area contributed by atoms with Crippen molar-refractivity contribution in [2.45, 2.75) is 39.7 Å². The fourth-order valence-electron chi connectivity index (χ4n) is 1.13. The van der Waals surface area contributed by atoms with E-state index < -0.39 is 0 Å². The van der Waals surface area contributed by atoms with Crippen molar-refractivity contribution in [1.29, 1.82) is 0 Å². The third kappa shape index (κ3) is 5.02. The molecule has 1 N–H and O–H groups in total. The summed E-state index contributed by atoms with van der Waals surface area (Å²) in [7, 11) is 2.03. The quantitative estimate of drug-likeness (QED) is 0.602. The monoisotopic (exact) mass is 155 g/mol. The Labute approximate surface area is 70.9 Å². The first-order valence-electron chi connectivity index (χ1n) is 4.54. The summed E-state index contributed by atoms with van der Waals surface area (Å²) in [6, 6.07) is 0.637. The molecule has 0 aromatic heterocycles. The van der Waals surface area contributed by atoms with Crippen molar-refractivity contribution in [3.8, 4) is 0 Å². The SMILES string of the molecule is CCC=CCC(NC)C(C)C. The van der Waals surface area contributed by atoms with Gasteiger partial charge >= 0.3 is 0 Å². The van der Waals surface area contributed by atoms with Crippen LogP contribution in [0.4, 0.5) is 0 Å². The van der Waals surface area contributed by atoms with E-state index in [-0.39, 0.29) is 0 Å². The van der Waals surface area contributed by atoms with Crippen LogP contribution in [-0.4, -0.2) is 13.1 Å². The smallest absolute Gasteiger partial charge is 0.0121 e. The van der Waals surface area contributed by atoms with Gasteiger partial charge in [0.25, 0.3) is 0 Å². The summed E-state index contributed by atoms with van der Waals surface area (Å²) in [4.78, 5) is 0. The number of rotatable bonds is 5. The predicted octanol–water partition coefficient (Wildman–Crippen LogP) is 2.59. The molecule has 1 nitrogen and oxygen atoms in total. The van der Waals surface area contributed by atoms with Gasteiger partial charge < -0.3 is 5.32 Å². The molecule has 0 saturated carbocycles. The average Bonchev–Trinajstić information content (AvgIpc) is 1.97. The molecule has 0 aromatic rings. The fraction of sp³-hybridized carbons (Fsp3) is 0.800. The van der Waals surface area contributed by atoms with Crippen LogP contribution in [0.25, 0.3) is 0 Å². The van der Waals surface area contributed by atoms with Gasteiger partial charge in [-0.05, 0) is 25.8 Å². The molecule has 0 saturated heterocycles. The van der Waals surface area contributed by atoms with Crippen LogP contribution in [0.1, 0.15) is 33.6 Å². The zero-order valence-corrected chi connectivity index (χ0v) is 8.22. The fourth-order valence-corrected chi connectivity index (χ4v) is 1.13. The van der Waals surface area contributed by atoms with Crippen LogP contribution in [0.15, 0.2) is 12.2 Å². The minimum atomic E-state index is 0.637. The van der Waals surface area contributed by atoms with Gasteiger partial charge in [0.2, 0.25) is 0 Å². The summed E-state index contributed by atoms with van der Waals surface area (Å²) in [5, 5.41) is 3.31. The van der Waals surface area contributed by atoms with Crippen LogP contribution in [0.2, 0.25) is 0 Å². The van der Waals surface area contributed by atoms with Crippen LogP contribution < -0.4 is 5.32 Å². The van der Waals surface area contributed by atoms with Gasteiger partial charge in [0.15, 0.2) is 0 Å². The van der Waals surface area contributed by atoms with E-state index in [4.69, 9.17) is 0 Å². The minimum absolute atomic E-state index is 0.637. The van der Waals surface area contributed by atoms with Crippen LogP contribution in [0.5, 0.6) is 0 Å². The van der Waals surface area contributed by atoms with E-state index in [2.05, 4.69) is 38.2 Å². The molecule has 0 heterocycles. The Bertz CT molecular complexity index is 105. The maximum Gasteiger partial charge on any atom is 0.0121 e. The highest BCUT2D eigenvalue weighted by Gasteiger charge is 2.07. The molecule has 1 atom stereocenters. The highest BCUT2D eigenvalue weighted by atomic mass is 14.9. The molecule has 1 unspecified atom stereocenters. The summed E-state index contributed by atoms with van der Waals surface area (Å²) in [6.45, 7) is 6.67. The number of hydrogen-bond acceptors (Lipinski definition) is 1. The number of allylic oxidation sites excluding steroid dienone is 1. The lowest BCUT2D eigenvalue weighted by molar-refractivity contribution is 0.430. The first-order chi connectivity index (χ1) is 5.22.